The molecular formula is C16H20N2O5. The zero-order chi connectivity index (χ0) is 17.5. The lowest BCUT2D eigenvalue weighted by Crippen LogP contribution is -2.46. The number of hydrogen-bond donors (Lipinski definition) is 2. The summed E-state index contributed by atoms with van der Waals surface area (Å²) in [6.07, 6.45) is -0.810. The highest BCUT2D eigenvalue weighted by Crippen LogP contribution is 2.13. The summed E-state index contributed by atoms with van der Waals surface area (Å²) in [5.41, 5.74) is 0.612. The Kier molecular flexibility index (Phi) is 6.54. The van der Waals surface area contributed by atoms with Gasteiger partial charge in [-0.1, -0.05) is 24.3 Å². The van der Waals surface area contributed by atoms with Crippen molar-refractivity contribution in [3.63, 3.8) is 0 Å². The van der Waals surface area contributed by atoms with E-state index in [0.29, 0.717) is 5.69 Å². The molecule has 23 heavy (non-hydrogen) atoms. The third-order valence-electron chi connectivity index (χ3n) is 2.61. The van der Waals surface area contributed by atoms with Gasteiger partial charge in [0.05, 0.1) is 19.8 Å². The molecule has 2 N–H and O–H groups in total. The summed E-state index contributed by atoms with van der Waals surface area (Å²) in [5, 5.41) is 11.4. The molecule has 0 fully saturated rings. The Balaban J connectivity index is 2.48. The fourth-order valence-corrected chi connectivity index (χ4v) is 1.59. The maximum absolute atomic E-state index is 11.6. The van der Waals surface area contributed by atoms with Crippen LogP contribution in [0.15, 0.2) is 24.3 Å². The largest absolute Gasteiger partial charge is 0.480 e. The van der Waals surface area contributed by atoms with Crippen molar-refractivity contribution in [3.05, 3.63) is 41.2 Å². The fraction of sp³-hybridized carbons (Fsp3) is 0.438. The van der Waals surface area contributed by atoms with E-state index in [1.807, 2.05) is 0 Å². The van der Waals surface area contributed by atoms with Gasteiger partial charge in [-0.15, -0.1) is 0 Å². The van der Waals surface area contributed by atoms with Crippen molar-refractivity contribution in [2.45, 2.75) is 39.0 Å². The van der Waals surface area contributed by atoms with Crippen LogP contribution in [-0.4, -0.2) is 35.4 Å². The molecule has 0 saturated carbocycles. The molecule has 0 spiro atoms. The van der Waals surface area contributed by atoms with Gasteiger partial charge in [0.25, 0.3) is 0 Å². The summed E-state index contributed by atoms with van der Waals surface area (Å²) in [6.45, 7) is 11.9. The Morgan fingerprint density at radius 1 is 1.30 bits per heavy atom. The standard InChI is InChI=1S/C16H20N2O5/c1-16(2,3)23-15(21)18-13(14(19)20)10-22-9-11-5-7-12(17-4)8-6-11/h5-8,13H,9-10H2,1-3H3,(H,18,21)(H,19,20)/t13-/m0/s1. The Morgan fingerprint density at radius 2 is 1.91 bits per heavy atom. The van der Waals surface area contributed by atoms with Crippen LogP contribution < -0.4 is 5.32 Å². The van der Waals surface area contributed by atoms with Gasteiger partial charge >= 0.3 is 12.1 Å². The monoisotopic (exact) mass is 320 g/mol. The van der Waals surface area contributed by atoms with Crippen LogP contribution in [0.25, 0.3) is 4.85 Å². The molecule has 0 aliphatic heterocycles. The van der Waals surface area contributed by atoms with Crippen molar-refractivity contribution in [1.29, 1.82) is 0 Å². The summed E-state index contributed by atoms with van der Waals surface area (Å²) >= 11 is 0. The third kappa shape index (κ3) is 7.29. The van der Waals surface area contributed by atoms with E-state index in [9.17, 15) is 9.59 Å². The van der Waals surface area contributed by atoms with Gasteiger partial charge < -0.3 is 19.9 Å². The quantitative estimate of drug-likeness (QED) is 0.787. The first kappa shape index (κ1) is 18.5. The molecule has 124 valence electrons. The lowest BCUT2D eigenvalue weighted by atomic mass is 10.2. The number of rotatable bonds is 6. The predicted octanol–water partition coefficient (Wildman–Crippen LogP) is 2.73. The van der Waals surface area contributed by atoms with Gasteiger partial charge in [-0.3, -0.25) is 0 Å². The van der Waals surface area contributed by atoms with E-state index in [4.69, 9.17) is 21.2 Å². The van der Waals surface area contributed by atoms with Crippen LogP contribution in [-0.2, 0) is 20.9 Å². The number of ether oxygens (including phenoxy) is 2. The third-order valence-corrected chi connectivity index (χ3v) is 2.61. The molecule has 1 aromatic carbocycles. The molecule has 7 nitrogen and oxygen atoms in total. The van der Waals surface area contributed by atoms with E-state index >= 15 is 0 Å². The van der Waals surface area contributed by atoms with Gasteiger partial charge in [0.2, 0.25) is 0 Å². The number of carboxylic acids is 1. The van der Waals surface area contributed by atoms with Crippen molar-refractivity contribution < 1.29 is 24.2 Å². The Morgan fingerprint density at radius 3 is 2.39 bits per heavy atom. The molecule has 1 rings (SSSR count). The van der Waals surface area contributed by atoms with Gasteiger partial charge in [0.15, 0.2) is 11.7 Å². The number of carbonyl (C=O) groups is 2. The number of benzene rings is 1. The predicted molar refractivity (Wildman–Crippen MR) is 83.2 cm³/mol. The van der Waals surface area contributed by atoms with E-state index in [1.165, 1.54) is 0 Å². The zero-order valence-corrected chi connectivity index (χ0v) is 13.3. The van der Waals surface area contributed by atoms with Crippen molar-refractivity contribution in [1.82, 2.24) is 5.32 Å². The van der Waals surface area contributed by atoms with Crippen LogP contribution in [0.2, 0.25) is 0 Å². The van der Waals surface area contributed by atoms with E-state index in [2.05, 4.69) is 10.2 Å². The summed E-state index contributed by atoms with van der Waals surface area (Å²) in [4.78, 5) is 26.0. The van der Waals surface area contributed by atoms with Gasteiger partial charge in [0.1, 0.15) is 5.60 Å². The lowest BCUT2D eigenvalue weighted by Gasteiger charge is -2.22. The van der Waals surface area contributed by atoms with Gasteiger partial charge in [0, 0.05) is 0 Å². The maximum atomic E-state index is 11.6. The van der Waals surface area contributed by atoms with Crippen LogP contribution in [0.4, 0.5) is 10.5 Å². The van der Waals surface area contributed by atoms with Crippen LogP contribution in [0.3, 0.4) is 0 Å². The summed E-state index contributed by atoms with van der Waals surface area (Å²) in [7, 11) is 0. The summed E-state index contributed by atoms with van der Waals surface area (Å²) in [5.74, 6) is -1.21. The number of nitrogens with one attached hydrogen (secondary N) is 1. The molecule has 0 radical (unpaired) electrons. The van der Waals surface area contributed by atoms with Crippen molar-refractivity contribution in [2.75, 3.05) is 6.61 Å². The van der Waals surface area contributed by atoms with Crippen LogP contribution >= 0.6 is 0 Å². The first-order valence-electron chi connectivity index (χ1n) is 6.98. The van der Waals surface area contributed by atoms with Crippen LogP contribution in [0.5, 0.6) is 0 Å². The molecule has 0 heterocycles. The van der Waals surface area contributed by atoms with Crippen molar-refractivity contribution in [2.24, 2.45) is 0 Å². The molecule has 0 unspecified atom stereocenters. The van der Waals surface area contributed by atoms with Crippen LogP contribution in [0, 0.1) is 6.57 Å². The molecule has 1 amide bonds. The van der Waals surface area contributed by atoms with Crippen molar-refractivity contribution in [3.8, 4) is 0 Å². The highest BCUT2D eigenvalue weighted by atomic mass is 16.6. The van der Waals surface area contributed by atoms with E-state index in [-0.39, 0.29) is 13.2 Å². The number of aliphatic carboxylic acids is 1. The topological polar surface area (TPSA) is 89.2 Å². The lowest BCUT2D eigenvalue weighted by molar-refractivity contribution is -0.141. The summed E-state index contributed by atoms with van der Waals surface area (Å²) in [6, 6.07) is 5.56. The van der Waals surface area contributed by atoms with E-state index < -0.39 is 23.7 Å². The minimum atomic E-state index is -1.21. The minimum absolute atomic E-state index is 0.179. The Bertz CT molecular complexity index is 584. The molecule has 0 aromatic heterocycles. The number of carboxylic acid groups (broad SMARTS) is 1. The number of hydrogen-bond acceptors (Lipinski definition) is 4. The first-order chi connectivity index (χ1) is 10.7. The van der Waals surface area contributed by atoms with Gasteiger partial charge in [-0.05, 0) is 26.3 Å². The van der Waals surface area contributed by atoms with E-state index in [0.717, 1.165) is 5.56 Å². The molecule has 0 aliphatic rings. The number of nitrogens with zero attached hydrogens (tertiary/aromatic N) is 1. The Hall–Kier alpha value is -2.59. The second-order valence-electron chi connectivity index (χ2n) is 5.83. The molecule has 1 aromatic rings. The minimum Gasteiger partial charge on any atom is -0.480 e. The average molecular weight is 320 g/mol. The normalized spacial score (nSPS) is 12.1. The first-order valence-corrected chi connectivity index (χ1v) is 6.98. The Labute approximate surface area is 135 Å². The number of amides is 1. The maximum Gasteiger partial charge on any atom is 0.408 e. The highest BCUT2D eigenvalue weighted by molar-refractivity contribution is 5.80. The second-order valence-corrected chi connectivity index (χ2v) is 5.83. The van der Waals surface area contributed by atoms with Crippen LogP contribution in [0.1, 0.15) is 26.3 Å². The molecule has 1 atom stereocenters. The second kappa shape index (κ2) is 8.15. The summed E-state index contributed by atoms with van der Waals surface area (Å²) < 4.78 is 10.3. The molecular weight excluding hydrogens is 300 g/mol. The van der Waals surface area contributed by atoms with Gasteiger partial charge in [-0.25, -0.2) is 14.4 Å². The number of carbonyl (C=O) groups excluding carboxylic acids is 1. The molecule has 0 bridgehead atoms. The number of alkyl carbamates (subject to hydrolysis) is 1. The van der Waals surface area contributed by atoms with Gasteiger partial charge in [-0.2, -0.15) is 0 Å². The fourth-order valence-electron chi connectivity index (χ4n) is 1.59. The van der Waals surface area contributed by atoms with Crippen molar-refractivity contribution >= 4 is 17.7 Å². The zero-order valence-electron chi connectivity index (χ0n) is 13.3. The molecule has 0 saturated heterocycles. The average Bonchev–Trinajstić information content (AvgIpc) is 2.44. The smallest absolute Gasteiger partial charge is 0.408 e. The molecule has 0 aliphatic carbocycles. The highest BCUT2D eigenvalue weighted by Gasteiger charge is 2.24. The molecule has 7 heteroatoms. The van der Waals surface area contributed by atoms with E-state index in [1.54, 1.807) is 45.0 Å². The SMILES string of the molecule is [C-]#[N+]c1ccc(COC[C@H](NC(=O)OC(C)(C)C)C(=O)O)cc1.